The van der Waals surface area contributed by atoms with Crippen LogP contribution in [-0.2, 0) is 32.7 Å². The van der Waals surface area contributed by atoms with Crippen molar-refractivity contribution in [1.29, 1.82) is 0 Å². The predicted molar refractivity (Wildman–Crippen MR) is 26.4 cm³/mol. The van der Waals surface area contributed by atoms with Crippen LogP contribution in [0.3, 0.4) is 0 Å². The molecule has 33 valence electrons. The Kier molecular flexibility index (Phi) is 4.69. The number of benzene rings is 1. The molecule has 0 unspecified atom stereocenters. The summed E-state index contributed by atoms with van der Waals surface area (Å²) in [5, 5.41) is 0. The van der Waals surface area contributed by atoms with E-state index in [4.69, 9.17) is 0 Å². The molecule has 0 spiro atoms. The van der Waals surface area contributed by atoms with E-state index >= 15 is 0 Å². The largest absolute Gasteiger partial charge is 0.0623 e. The Balaban J connectivity index is 0.000000360. The van der Waals surface area contributed by atoms with E-state index in [9.17, 15) is 0 Å². The van der Waals surface area contributed by atoms with Gasteiger partial charge in [-0.3, -0.25) is 0 Å². The van der Waals surface area contributed by atoms with Gasteiger partial charge < -0.3 is 0 Å². The molecule has 0 aromatic heterocycles. The topological polar surface area (TPSA) is 0 Å². The molecule has 0 bridgehead atoms. The van der Waals surface area contributed by atoms with Crippen LogP contribution >= 0.6 is 0 Å². The Bertz CT molecular complexity index is 76.1. The molecule has 0 nitrogen and oxygen atoms in total. The molecule has 0 fully saturated rings. The zero-order valence-electron chi connectivity index (χ0n) is 4.04. The molecule has 0 saturated carbocycles. The van der Waals surface area contributed by atoms with Gasteiger partial charge >= 0.3 is 0 Å². The van der Waals surface area contributed by atoms with Crippen LogP contribution in [0.1, 0.15) is 0 Å². The molecular weight excluding hydrogens is 161 g/mol. The number of hydrogen-bond acceptors (Lipinski definition) is 0. The van der Waals surface area contributed by atoms with E-state index in [-0.39, 0.29) is 32.7 Å². The van der Waals surface area contributed by atoms with Crippen molar-refractivity contribution in [3.8, 4) is 0 Å². The summed E-state index contributed by atoms with van der Waals surface area (Å²) in [5.41, 5.74) is 0. The molecule has 1 rings (SSSR count). The molecule has 0 aliphatic carbocycles. The first-order chi connectivity index (χ1) is 3.00. The fourth-order valence-electron chi connectivity index (χ4n) is 0.385. The summed E-state index contributed by atoms with van der Waals surface area (Å²) in [6, 6.07) is 12.0. The maximum absolute atomic E-state index is 2.00. The fourth-order valence-corrected chi connectivity index (χ4v) is 0.385. The molecule has 0 amide bonds. The Morgan fingerprint density at radius 1 is 0.429 bits per heavy atom. The molecule has 0 aliphatic rings. The van der Waals surface area contributed by atoms with Crippen molar-refractivity contribution in [1.82, 2.24) is 0 Å². The quantitative estimate of drug-likeness (QED) is 0.551. The van der Waals surface area contributed by atoms with Crippen molar-refractivity contribution in [2.45, 2.75) is 0 Å². The van der Waals surface area contributed by atoms with Gasteiger partial charge in [-0.05, 0) is 0 Å². The maximum atomic E-state index is 2.00. The molecular formula is C6H6Y. The van der Waals surface area contributed by atoms with Gasteiger partial charge in [0.25, 0.3) is 0 Å². The smallest absolute Gasteiger partial charge is 0 e. The zero-order chi connectivity index (χ0) is 4.24. The van der Waals surface area contributed by atoms with Gasteiger partial charge in [-0.25, -0.2) is 0 Å². The molecule has 0 saturated heterocycles. The van der Waals surface area contributed by atoms with Crippen LogP contribution in [0.2, 0.25) is 0 Å². The van der Waals surface area contributed by atoms with E-state index in [1.54, 1.807) is 0 Å². The summed E-state index contributed by atoms with van der Waals surface area (Å²) in [4.78, 5) is 0. The van der Waals surface area contributed by atoms with Crippen molar-refractivity contribution in [3.05, 3.63) is 36.4 Å². The molecule has 1 aromatic carbocycles. The summed E-state index contributed by atoms with van der Waals surface area (Å²) < 4.78 is 0. The second-order valence-electron chi connectivity index (χ2n) is 1.15. The predicted octanol–water partition coefficient (Wildman–Crippen LogP) is 1.68. The molecule has 0 atom stereocenters. The van der Waals surface area contributed by atoms with E-state index in [1.807, 2.05) is 36.4 Å². The van der Waals surface area contributed by atoms with E-state index in [0.717, 1.165) is 0 Å². The number of hydrogen-bond donors (Lipinski definition) is 0. The first-order valence-corrected chi connectivity index (χ1v) is 2.00. The summed E-state index contributed by atoms with van der Waals surface area (Å²) >= 11 is 0. The van der Waals surface area contributed by atoms with Crippen LogP contribution in [-0.4, -0.2) is 0 Å². The van der Waals surface area contributed by atoms with Crippen LogP contribution in [0.15, 0.2) is 36.4 Å². The minimum atomic E-state index is 0. The number of rotatable bonds is 0. The SMILES string of the molecule is [Y].c1ccccc1. The van der Waals surface area contributed by atoms with Gasteiger partial charge in [-0.2, -0.15) is 0 Å². The van der Waals surface area contributed by atoms with Gasteiger partial charge in [0, 0.05) is 32.7 Å². The third-order valence-corrected chi connectivity index (χ3v) is 0.667. The molecule has 1 heteroatoms. The van der Waals surface area contributed by atoms with Crippen LogP contribution in [0.4, 0.5) is 0 Å². The van der Waals surface area contributed by atoms with Crippen molar-refractivity contribution in [2.24, 2.45) is 0 Å². The monoisotopic (exact) mass is 167 g/mol. The zero-order valence-corrected chi connectivity index (χ0v) is 6.88. The summed E-state index contributed by atoms with van der Waals surface area (Å²) in [6.07, 6.45) is 0. The molecule has 1 aromatic rings. The molecule has 0 aliphatic heterocycles. The van der Waals surface area contributed by atoms with E-state index < -0.39 is 0 Å². The molecule has 0 N–H and O–H groups in total. The third kappa shape index (κ3) is 2.96. The molecule has 7 heavy (non-hydrogen) atoms. The molecule has 0 heterocycles. The van der Waals surface area contributed by atoms with Gasteiger partial charge in [-0.1, -0.05) is 36.4 Å². The average Bonchev–Trinajstić information content (AvgIpc) is 1.72. The first kappa shape index (κ1) is 7.32. The Labute approximate surface area is 68.8 Å². The van der Waals surface area contributed by atoms with Crippen molar-refractivity contribution >= 4 is 0 Å². The van der Waals surface area contributed by atoms with E-state index in [2.05, 4.69) is 0 Å². The standard InChI is InChI=1S/C6H6.Y/c1-2-4-6-5-3-1;/h1-6H;. The summed E-state index contributed by atoms with van der Waals surface area (Å²) in [5.74, 6) is 0. The Morgan fingerprint density at radius 3 is 0.714 bits per heavy atom. The maximum Gasteiger partial charge on any atom is 0 e. The second-order valence-corrected chi connectivity index (χ2v) is 1.15. The van der Waals surface area contributed by atoms with Crippen molar-refractivity contribution in [3.63, 3.8) is 0 Å². The molecule has 1 radical (unpaired) electrons. The Hall–Kier alpha value is 0.324. The van der Waals surface area contributed by atoms with E-state index in [0.29, 0.717) is 0 Å². The van der Waals surface area contributed by atoms with Gasteiger partial charge in [0.2, 0.25) is 0 Å². The fraction of sp³-hybridized carbons (Fsp3) is 0. The van der Waals surface area contributed by atoms with Crippen LogP contribution in [0.5, 0.6) is 0 Å². The summed E-state index contributed by atoms with van der Waals surface area (Å²) in [7, 11) is 0. The van der Waals surface area contributed by atoms with Gasteiger partial charge in [0.1, 0.15) is 0 Å². The average molecular weight is 167 g/mol. The van der Waals surface area contributed by atoms with Gasteiger partial charge in [0.05, 0.1) is 0 Å². The minimum absolute atomic E-state index is 0. The van der Waals surface area contributed by atoms with Crippen LogP contribution in [0, 0.1) is 0 Å². The Morgan fingerprint density at radius 2 is 0.571 bits per heavy atom. The van der Waals surface area contributed by atoms with Crippen molar-refractivity contribution < 1.29 is 32.7 Å². The van der Waals surface area contributed by atoms with E-state index in [1.165, 1.54) is 0 Å². The minimum Gasteiger partial charge on any atom is -0.0623 e. The third-order valence-electron chi connectivity index (χ3n) is 0.667. The van der Waals surface area contributed by atoms with Gasteiger partial charge in [-0.15, -0.1) is 0 Å². The normalized spacial score (nSPS) is 6.86. The van der Waals surface area contributed by atoms with Crippen molar-refractivity contribution in [2.75, 3.05) is 0 Å². The second kappa shape index (κ2) is 4.48. The van der Waals surface area contributed by atoms with Gasteiger partial charge in [0.15, 0.2) is 0 Å². The van der Waals surface area contributed by atoms with Crippen LogP contribution in [0.25, 0.3) is 0 Å². The van der Waals surface area contributed by atoms with Crippen LogP contribution < -0.4 is 0 Å². The first-order valence-electron chi connectivity index (χ1n) is 2.00. The summed E-state index contributed by atoms with van der Waals surface area (Å²) in [6.45, 7) is 0.